The predicted octanol–water partition coefficient (Wildman–Crippen LogP) is 4.76. The molecule has 1 aromatic carbocycles. The van der Waals surface area contributed by atoms with Gasteiger partial charge in [0, 0.05) is 22.0 Å². The van der Waals surface area contributed by atoms with Gasteiger partial charge < -0.3 is 5.32 Å². The van der Waals surface area contributed by atoms with Gasteiger partial charge >= 0.3 is 0 Å². The lowest BCUT2D eigenvalue weighted by atomic mass is 10.0. The van der Waals surface area contributed by atoms with Gasteiger partial charge in [-0.3, -0.25) is 4.98 Å². The molecule has 2 heterocycles. The first-order valence-corrected chi connectivity index (χ1v) is 8.23. The largest absolute Gasteiger partial charge is 0.306 e. The summed E-state index contributed by atoms with van der Waals surface area (Å²) in [7, 11) is 0. The number of benzene rings is 1. The number of pyridine rings is 1. The molecule has 3 aromatic rings. The highest BCUT2D eigenvalue weighted by Crippen LogP contribution is 2.33. The van der Waals surface area contributed by atoms with Crippen LogP contribution in [0.15, 0.2) is 52.4 Å². The van der Waals surface area contributed by atoms with E-state index in [1.165, 1.54) is 15.8 Å². The summed E-state index contributed by atoms with van der Waals surface area (Å²) >= 11 is 5.31. The Hall–Kier alpha value is -1.23. The Morgan fingerprint density at radius 2 is 2.05 bits per heavy atom. The van der Waals surface area contributed by atoms with Gasteiger partial charge in [-0.15, -0.1) is 11.3 Å². The van der Waals surface area contributed by atoms with E-state index in [1.54, 1.807) is 11.3 Å². The minimum Gasteiger partial charge on any atom is -0.306 e. The highest BCUT2D eigenvalue weighted by molar-refractivity contribution is 9.11. The Kier molecular flexibility index (Phi) is 4.15. The molecule has 0 saturated carbocycles. The van der Waals surface area contributed by atoms with E-state index in [2.05, 4.69) is 69.6 Å². The summed E-state index contributed by atoms with van der Waals surface area (Å²) in [5.74, 6) is 0. The highest BCUT2D eigenvalue weighted by Gasteiger charge is 2.17. The fourth-order valence-corrected chi connectivity index (χ4v) is 3.93. The normalized spacial score (nSPS) is 12.7. The summed E-state index contributed by atoms with van der Waals surface area (Å²) in [6, 6.07) is 14.9. The van der Waals surface area contributed by atoms with Gasteiger partial charge in [-0.2, -0.15) is 0 Å². The van der Waals surface area contributed by atoms with Crippen LogP contribution in [0.25, 0.3) is 10.9 Å². The van der Waals surface area contributed by atoms with Gasteiger partial charge in [-0.1, -0.05) is 31.2 Å². The van der Waals surface area contributed by atoms with Crippen LogP contribution in [0, 0.1) is 0 Å². The second-order valence-electron chi connectivity index (χ2n) is 4.55. The van der Waals surface area contributed by atoms with Crippen molar-refractivity contribution in [2.45, 2.75) is 13.0 Å². The lowest BCUT2D eigenvalue weighted by Gasteiger charge is -2.18. The zero-order valence-electron chi connectivity index (χ0n) is 11.1. The van der Waals surface area contributed by atoms with Crippen LogP contribution in [-0.2, 0) is 0 Å². The topological polar surface area (TPSA) is 24.9 Å². The molecule has 102 valence electrons. The van der Waals surface area contributed by atoms with Crippen molar-refractivity contribution in [2.75, 3.05) is 6.54 Å². The summed E-state index contributed by atoms with van der Waals surface area (Å²) < 4.78 is 1.16. The summed E-state index contributed by atoms with van der Waals surface area (Å²) in [5.41, 5.74) is 2.31. The Bertz CT molecular complexity index is 718. The van der Waals surface area contributed by atoms with Gasteiger partial charge in [-0.25, -0.2) is 0 Å². The maximum absolute atomic E-state index is 4.57. The average Bonchev–Trinajstić information content (AvgIpc) is 2.91. The lowest BCUT2D eigenvalue weighted by Crippen LogP contribution is -2.21. The molecule has 2 aromatic heterocycles. The van der Waals surface area contributed by atoms with E-state index in [1.807, 2.05) is 12.3 Å². The first-order chi connectivity index (χ1) is 9.79. The Morgan fingerprint density at radius 3 is 2.80 bits per heavy atom. The number of nitrogens with zero attached hydrogens (tertiary/aromatic N) is 1. The van der Waals surface area contributed by atoms with Crippen LogP contribution < -0.4 is 5.32 Å². The average molecular weight is 347 g/mol. The quantitative estimate of drug-likeness (QED) is 0.736. The number of fused-ring (bicyclic) bond motifs is 1. The van der Waals surface area contributed by atoms with Crippen LogP contribution in [0.3, 0.4) is 0 Å². The number of halogens is 1. The maximum atomic E-state index is 4.57. The molecule has 0 aliphatic carbocycles. The number of aromatic nitrogens is 1. The van der Waals surface area contributed by atoms with Crippen molar-refractivity contribution in [2.24, 2.45) is 0 Å². The number of para-hydroxylation sites is 1. The smallest absolute Gasteiger partial charge is 0.0753 e. The molecule has 4 heteroatoms. The summed E-state index contributed by atoms with van der Waals surface area (Å²) in [4.78, 5) is 5.87. The van der Waals surface area contributed by atoms with Gasteiger partial charge in [-0.05, 0) is 40.7 Å². The van der Waals surface area contributed by atoms with Gasteiger partial charge in [0.25, 0.3) is 0 Å². The first-order valence-electron chi connectivity index (χ1n) is 6.62. The Balaban J connectivity index is 2.14. The molecule has 1 N–H and O–H groups in total. The summed E-state index contributed by atoms with van der Waals surface area (Å²) in [6.07, 6.45) is 1.86. The third kappa shape index (κ3) is 2.64. The van der Waals surface area contributed by atoms with Crippen LogP contribution in [-0.4, -0.2) is 11.5 Å². The molecule has 3 rings (SSSR count). The minimum absolute atomic E-state index is 0.190. The fourth-order valence-electron chi connectivity index (χ4n) is 2.41. The van der Waals surface area contributed by atoms with Crippen molar-refractivity contribution in [1.29, 1.82) is 0 Å². The maximum Gasteiger partial charge on any atom is 0.0753 e. The van der Waals surface area contributed by atoms with E-state index < -0.39 is 0 Å². The molecule has 0 radical (unpaired) electrons. The van der Waals surface area contributed by atoms with Gasteiger partial charge in [0.05, 0.1) is 15.3 Å². The minimum atomic E-state index is 0.190. The number of rotatable bonds is 4. The third-order valence-corrected chi connectivity index (χ3v) is 4.95. The molecule has 1 unspecified atom stereocenters. The molecule has 20 heavy (non-hydrogen) atoms. The van der Waals surface area contributed by atoms with E-state index in [0.717, 1.165) is 15.8 Å². The van der Waals surface area contributed by atoms with Crippen molar-refractivity contribution < 1.29 is 0 Å². The Labute approximate surface area is 131 Å². The monoisotopic (exact) mass is 346 g/mol. The highest BCUT2D eigenvalue weighted by atomic mass is 79.9. The zero-order chi connectivity index (χ0) is 13.9. The van der Waals surface area contributed by atoms with Crippen molar-refractivity contribution in [3.8, 4) is 0 Å². The molecule has 1 atom stereocenters. The first kappa shape index (κ1) is 13.7. The molecular weight excluding hydrogens is 332 g/mol. The number of nitrogens with one attached hydrogen (secondary N) is 1. The van der Waals surface area contributed by atoms with Crippen LogP contribution in [0.2, 0.25) is 0 Å². The molecule has 0 aliphatic heterocycles. The summed E-state index contributed by atoms with van der Waals surface area (Å²) in [6.45, 7) is 3.05. The SMILES string of the molecule is CCNC(c1ccc(Br)s1)c1cccc2cccnc12. The predicted molar refractivity (Wildman–Crippen MR) is 89.3 cm³/mol. The third-order valence-electron chi connectivity index (χ3n) is 3.26. The van der Waals surface area contributed by atoms with Crippen LogP contribution >= 0.6 is 27.3 Å². The molecule has 0 amide bonds. The second kappa shape index (κ2) is 6.04. The molecule has 0 bridgehead atoms. The van der Waals surface area contributed by atoms with E-state index in [0.29, 0.717) is 0 Å². The van der Waals surface area contributed by atoms with Crippen LogP contribution in [0.5, 0.6) is 0 Å². The molecule has 0 spiro atoms. The molecule has 0 fully saturated rings. The number of hydrogen-bond acceptors (Lipinski definition) is 3. The van der Waals surface area contributed by atoms with E-state index in [-0.39, 0.29) is 6.04 Å². The van der Waals surface area contributed by atoms with E-state index in [4.69, 9.17) is 0 Å². The van der Waals surface area contributed by atoms with Crippen molar-refractivity contribution >= 4 is 38.2 Å². The van der Waals surface area contributed by atoms with Gasteiger partial charge in [0.15, 0.2) is 0 Å². The van der Waals surface area contributed by atoms with Crippen LogP contribution in [0.4, 0.5) is 0 Å². The number of thiophene rings is 1. The number of hydrogen-bond donors (Lipinski definition) is 1. The lowest BCUT2D eigenvalue weighted by molar-refractivity contribution is 0.642. The molecule has 0 saturated heterocycles. The molecule has 0 aliphatic rings. The van der Waals surface area contributed by atoms with Crippen molar-refractivity contribution in [3.63, 3.8) is 0 Å². The van der Waals surface area contributed by atoms with Gasteiger partial charge in [0.2, 0.25) is 0 Å². The fraction of sp³-hybridized carbons (Fsp3) is 0.188. The molecular formula is C16H15BrN2S. The van der Waals surface area contributed by atoms with Crippen LogP contribution in [0.1, 0.15) is 23.4 Å². The van der Waals surface area contributed by atoms with Gasteiger partial charge in [0.1, 0.15) is 0 Å². The molecule has 2 nitrogen and oxygen atoms in total. The Morgan fingerprint density at radius 1 is 1.20 bits per heavy atom. The van der Waals surface area contributed by atoms with E-state index >= 15 is 0 Å². The summed E-state index contributed by atoms with van der Waals surface area (Å²) in [5, 5.41) is 4.75. The van der Waals surface area contributed by atoms with Crippen molar-refractivity contribution in [3.05, 3.63) is 62.9 Å². The second-order valence-corrected chi connectivity index (χ2v) is 7.05. The van der Waals surface area contributed by atoms with Crippen molar-refractivity contribution in [1.82, 2.24) is 10.3 Å². The standard InChI is InChI=1S/C16H15BrN2S/c1-2-18-16(13-8-9-14(17)20-13)12-7-3-5-11-6-4-10-19-15(11)12/h3-10,16,18H,2H2,1H3. The zero-order valence-corrected chi connectivity index (χ0v) is 13.5. The van der Waals surface area contributed by atoms with E-state index in [9.17, 15) is 0 Å².